The van der Waals surface area contributed by atoms with Crippen molar-refractivity contribution in [2.24, 2.45) is 0 Å². The van der Waals surface area contributed by atoms with E-state index in [1.54, 1.807) is 14.2 Å². The highest BCUT2D eigenvalue weighted by Crippen LogP contribution is 2.45. The number of anilines is 1. The van der Waals surface area contributed by atoms with Crippen LogP contribution in [0.3, 0.4) is 0 Å². The Morgan fingerprint density at radius 1 is 0.882 bits per heavy atom. The SMILES string of the molecule is COc1cc(Br)c(CNc2cccc3cc4c(cc23)OCO4)c(OCc2ccccc2)c1OC. The zero-order valence-corrected chi connectivity index (χ0v) is 20.5. The summed E-state index contributed by atoms with van der Waals surface area (Å²) in [4.78, 5) is 0. The minimum Gasteiger partial charge on any atom is -0.493 e. The van der Waals surface area contributed by atoms with Crippen LogP contribution in [0.5, 0.6) is 28.7 Å². The van der Waals surface area contributed by atoms with Crippen molar-refractivity contribution in [2.45, 2.75) is 13.2 Å². The lowest BCUT2D eigenvalue weighted by atomic mass is 10.1. The van der Waals surface area contributed by atoms with Gasteiger partial charge in [0.25, 0.3) is 0 Å². The van der Waals surface area contributed by atoms with Crippen molar-refractivity contribution in [1.29, 1.82) is 0 Å². The number of ether oxygens (including phenoxy) is 5. The van der Waals surface area contributed by atoms with Crippen molar-refractivity contribution in [3.05, 3.63) is 82.3 Å². The summed E-state index contributed by atoms with van der Waals surface area (Å²) in [6.45, 7) is 1.15. The Morgan fingerprint density at radius 2 is 1.68 bits per heavy atom. The molecule has 6 nitrogen and oxygen atoms in total. The topological polar surface area (TPSA) is 58.2 Å². The van der Waals surface area contributed by atoms with Gasteiger partial charge in [-0.15, -0.1) is 0 Å². The molecule has 4 aromatic rings. The molecule has 0 aliphatic carbocycles. The molecule has 0 saturated carbocycles. The Bertz CT molecular complexity index is 1330. The first-order chi connectivity index (χ1) is 16.7. The van der Waals surface area contributed by atoms with Crippen LogP contribution in [0.2, 0.25) is 0 Å². The minimum absolute atomic E-state index is 0.245. The summed E-state index contributed by atoms with van der Waals surface area (Å²) in [5, 5.41) is 5.68. The number of methoxy groups -OCH3 is 2. The summed E-state index contributed by atoms with van der Waals surface area (Å²) >= 11 is 3.70. The van der Waals surface area contributed by atoms with Crippen molar-refractivity contribution in [2.75, 3.05) is 26.3 Å². The van der Waals surface area contributed by atoms with Gasteiger partial charge in [0, 0.05) is 27.7 Å². The van der Waals surface area contributed by atoms with Crippen LogP contribution in [0.15, 0.2) is 71.2 Å². The summed E-state index contributed by atoms with van der Waals surface area (Å²) in [7, 11) is 3.23. The van der Waals surface area contributed by atoms with E-state index < -0.39 is 0 Å². The van der Waals surface area contributed by atoms with E-state index in [0.29, 0.717) is 30.4 Å². The average Bonchev–Trinajstić information content (AvgIpc) is 3.33. The Kier molecular flexibility index (Phi) is 6.36. The molecule has 0 unspecified atom stereocenters. The third kappa shape index (κ3) is 4.31. The van der Waals surface area contributed by atoms with Crippen LogP contribution in [0.1, 0.15) is 11.1 Å². The molecule has 0 bridgehead atoms. The van der Waals surface area contributed by atoms with Crippen LogP contribution >= 0.6 is 15.9 Å². The van der Waals surface area contributed by atoms with E-state index in [4.69, 9.17) is 23.7 Å². The zero-order valence-electron chi connectivity index (χ0n) is 18.9. The first kappa shape index (κ1) is 22.2. The highest BCUT2D eigenvalue weighted by atomic mass is 79.9. The molecule has 174 valence electrons. The summed E-state index contributed by atoms with van der Waals surface area (Å²) in [6.07, 6.45) is 0. The van der Waals surface area contributed by atoms with Crippen molar-refractivity contribution in [1.82, 2.24) is 0 Å². The van der Waals surface area contributed by atoms with Gasteiger partial charge in [-0.3, -0.25) is 0 Å². The van der Waals surface area contributed by atoms with Gasteiger partial charge in [0.05, 0.1) is 14.2 Å². The first-order valence-corrected chi connectivity index (χ1v) is 11.6. The number of hydrogen-bond acceptors (Lipinski definition) is 6. The van der Waals surface area contributed by atoms with Crippen molar-refractivity contribution >= 4 is 32.4 Å². The van der Waals surface area contributed by atoms with Crippen LogP contribution in [-0.2, 0) is 13.2 Å². The molecule has 0 amide bonds. The number of hydrogen-bond donors (Lipinski definition) is 1. The Labute approximate surface area is 206 Å². The maximum absolute atomic E-state index is 6.29. The third-order valence-corrected chi connectivity index (χ3v) is 6.44. The van der Waals surface area contributed by atoms with E-state index in [0.717, 1.165) is 43.6 Å². The number of halogens is 1. The van der Waals surface area contributed by atoms with E-state index in [-0.39, 0.29) is 6.79 Å². The quantitative estimate of drug-likeness (QED) is 0.284. The number of benzene rings is 4. The normalized spacial score (nSPS) is 12.0. The van der Waals surface area contributed by atoms with Gasteiger partial charge in [-0.05, 0) is 35.2 Å². The highest BCUT2D eigenvalue weighted by molar-refractivity contribution is 9.10. The Balaban J connectivity index is 1.48. The molecule has 0 radical (unpaired) electrons. The maximum Gasteiger partial charge on any atom is 0.231 e. The third-order valence-electron chi connectivity index (χ3n) is 5.73. The molecular formula is C27H24BrNO5. The molecular weight excluding hydrogens is 498 g/mol. The Hall–Kier alpha value is -3.58. The van der Waals surface area contributed by atoms with E-state index in [1.165, 1.54) is 0 Å². The lowest BCUT2D eigenvalue weighted by Gasteiger charge is -2.20. The van der Waals surface area contributed by atoms with E-state index in [1.807, 2.05) is 60.7 Å². The monoisotopic (exact) mass is 521 g/mol. The smallest absolute Gasteiger partial charge is 0.231 e. The fourth-order valence-electron chi connectivity index (χ4n) is 4.02. The van der Waals surface area contributed by atoms with Gasteiger partial charge < -0.3 is 29.0 Å². The molecule has 1 N–H and O–H groups in total. The molecule has 7 heteroatoms. The number of rotatable bonds is 8. The molecule has 5 rings (SSSR count). The largest absolute Gasteiger partial charge is 0.493 e. The number of fused-ring (bicyclic) bond motifs is 2. The zero-order chi connectivity index (χ0) is 23.5. The molecule has 34 heavy (non-hydrogen) atoms. The summed E-state index contributed by atoms with van der Waals surface area (Å²) in [5.74, 6) is 3.30. The van der Waals surface area contributed by atoms with Gasteiger partial charge in [0.1, 0.15) is 6.61 Å². The van der Waals surface area contributed by atoms with Gasteiger partial charge in [-0.25, -0.2) is 0 Å². The molecule has 1 aliphatic heterocycles. The second-order valence-corrected chi connectivity index (χ2v) is 8.62. The van der Waals surface area contributed by atoms with Gasteiger partial charge in [-0.1, -0.05) is 58.4 Å². The van der Waals surface area contributed by atoms with Crippen molar-refractivity contribution in [3.63, 3.8) is 0 Å². The lowest BCUT2D eigenvalue weighted by Crippen LogP contribution is -2.07. The molecule has 0 aromatic heterocycles. The molecule has 1 aliphatic rings. The molecule has 0 spiro atoms. The summed E-state index contributed by atoms with van der Waals surface area (Å²) < 4.78 is 29.5. The van der Waals surface area contributed by atoms with Crippen LogP contribution in [0.4, 0.5) is 5.69 Å². The fraction of sp³-hybridized carbons (Fsp3) is 0.185. The standard InChI is InChI=1S/C27H24BrNO5/c1-30-25-13-21(28)20(26(27(25)31-2)32-15-17-7-4-3-5-8-17)14-29-22-10-6-9-18-11-23-24(12-19(18)22)34-16-33-23/h3-13,29H,14-16H2,1-2H3. The maximum atomic E-state index is 6.29. The van der Waals surface area contributed by atoms with E-state index >= 15 is 0 Å². The molecule has 1 heterocycles. The van der Waals surface area contributed by atoms with Crippen molar-refractivity contribution < 1.29 is 23.7 Å². The Morgan fingerprint density at radius 3 is 2.44 bits per heavy atom. The molecule has 0 saturated heterocycles. The van der Waals surface area contributed by atoms with E-state index in [2.05, 4.69) is 27.3 Å². The van der Waals surface area contributed by atoms with Crippen LogP contribution in [0, 0.1) is 0 Å². The molecule has 4 aromatic carbocycles. The summed E-state index contributed by atoms with van der Waals surface area (Å²) in [6, 6.07) is 22.1. The predicted octanol–water partition coefficient (Wildman–Crippen LogP) is 6.54. The minimum atomic E-state index is 0.245. The van der Waals surface area contributed by atoms with Crippen LogP contribution in [-0.4, -0.2) is 21.0 Å². The van der Waals surface area contributed by atoms with Crippen LogP contribution < -0.4 is 29.0 Å². The second kappa shape index (κ2) is 9.73. The second-order valence-electron chi connectivity index (χ2n) is 7.76. The van der Waals surface area contributed by atoms with Crippen molar-refractivity contribution in [3.8, 4) is 28.7 Å². The summed E-state index contributed by atoms with van der Waals surface area (Å²) in [5.41, 5.74) is 2.96. The number of nitrogens with one attached hydrogen (secondary N) is 1. The predicted molar refractivity (Wildman–Crippen MR) is 135 cm³/mol. The fourth-order valence-corrected chi connectivity index (χ4v) is 4.55. The van der Waals surface area contributed by atoms with Gasteiger partial charge >= 0.3 is 0 Å². The average molecular weight is 522 g/mol. The van der Waals surface area contributed by atoms with Crippen LogP contribution in [0.25, 0.3) is 10.8 Å². The molecule has 0 atom stereocenters. The van der Waals surface area contributed by atoms with Gasteiger partial charge in [-0.2, -0.15) is 0 Å². The van der Waals surface area contributed by atoms with Gasteiger partial charge in [0.15, 0.2) is 23.0 Å². The van der Waals surface area contributed by atoms with Gasteiger partial charge in [0.2, 0.25) is 12.5 Å². The first-order valence-electron chi connectivity index (χ1n) is 10.8. The lowest BCUT2D eigenvalue weighted by molar-refractivity contribution is 0.174. The molecule has 0 fully saturated rings. The highest BCUT2D eigenvalue weighted by Gasteiger charge is 2.21. The van der Waals surface area contributed by atoms with E-state index in [9.17, 15) is 0 Å².